The molecule has 0 aliphatic carbocycles. The van der Waals surface area contributed by atoms with Gasteiger partial charge in [-0.05, 0) is 28.5 Å². The first-order chi connectivity index (χ1) is 9.53. The Hall–Kier alpha value is -0.320. The molecule has 2 N–H and O–H groups in total. The summed E-state index contributed by atoms with van der Waals surface area (Å²) in [4.78, 5) is 6.08. The van der Waals surface area contributed by atoms with Crippen LogP contribution in [0.4, 0.5) is 0 Å². The molecule has 9 heteroatoms. The highest BCUT2D eigenvalue weighted by Gasteiger charge is 2.20. The van der Waals surface area contributed by atoms with Crippen LogP contribution in [0, 0.1) is 0 Å². The monoisotopic (exact) mass is 395 g/mol. The fourth-order valence-electron chi connectivity index (χ4n) is 1.49. The Morgan fingerprint density at radius 1 is 1.35 bits per heavy atom. The van der Waals surface area contributed by atoms with Crippen LogP contribution in [-0.2, 0) is 23.1 Å². The Kier molecular flexibility index (Phi) is 5.70. The van der Waals surface area contributed by atoms with Crippen molar-refractivity contribution in [1.82, 2.24) is 15.0 Å². The van der Waals surface area contributed by atoms with Crippen molar-refractivity contribution in [3.8, 4) is 0 Å². The third-order valence-corrected chi connectivity index (χ3v) is 6.90. The van der Waals surface area contributed by atoms with E-state index in [1.807, 2.05) is 6.92 Å². The zero-order valence-corrected chi connectivity index (χ0v) is 14.8. The fourth-order valence-corrected chi connectivity index (χ4v) is 5.77. The van der Waals surface area contributed by atoms with E-state index in [2.05, 4.69) is 31.0 Å². The van der Waals surface area contributed by atoms with E-state index < -0.39 is 10.0 Å². The summed E-state index contributed by atoms with van der Waals surface area (Å²) in [6, 6.07) is 1.70. The molecule has 0 aliphatic heterocycles. The number of nitrogens with zero attached hydrogens (tertiary/aromatic N) is 1. The smallest absolute Gasteiger partial charge is 0.242 e. The molecule has 0 radical (unpaired) electrons. The lowest BCUT2D eigenvalue weighted by atomic mass is 10.4. The van der Waals surface area contributed by atoms with Crippen LogP contribution in [0.2, 0.25) is 0 Å². The van der Waals surface area contributed by atoms with Crippen molar-refractivity contribution in [1.29, 1.82) is 0 Å². The molecule has 0 aromatic carbocycles. The normalized spacial score (nSPS) is 11.9. The third-order valence-electron chi connectivity index (χ3n) is 2.47. The highest BCUT2D eigenvalue weighted by molar-refractivity contribution is 9.11. The summed E-state index contributed by atoms with van der Waals surface area (Å²) in [5, 5.41) is 3.18. The fraction of sp³-hybridized carbons (Fsp3) is 0.364. The Balaban J connectivity index is 2.10. The van der Waals surface area contributed by atoms with E-state index in [-0.39, 0.29) is 6.54 Å². The summed E-state index contributed by atoms with van der Waals surface area (Å²) < 4.78 is 27.7. The molecule has 2 aromatic rings. The minimum absolute atomic E-state index is 0.262. The van der Waals surface area contributed by atoms with E-state index >= 15 is 0 Å². The summed E-state index contributed by atoms with van der Waals surface area (Å²) in [6.07, 6.45) is 1.66. The minimum atomic E-state index is -3.51. The second-order valence-electron chi connectivity index (χ2n) is 3.92. The second kappa shape index (κ2) is 7.10. The van der Waals surface area contributed by atoms with E-state index in [1.165, 1.54) is 22.7 Å². The van der Waals surface area contributed by atoms with E-state index in [1.54, 1.807) is 17.8 Å². The average molecular weight is 396 g/mol. The van der Waals surface area contributed by atoms with Crippen LogP contribution in [0.3, 0.4) is 0 Å². The number of thiophene rings is 1. The molecule has 0 fully saturated rings. The van der Waals surface area contributed by atoms with Crippen molar-refractivity contribution in [2.45, 2.75) is 24.9 Å². The van der Waals surface area contributed by atoms with Gasteiger partial charge < -0.3 is 5.32 Å². The van der Waals surface area contributed by atoms with E-state index in [4.69, 9.17) is 0 Å². The van der Waals surface area contributed by atoms with Gasteiger partial charge in [0.15, 0.2) is 0 Å². The number of rotatable bonds is 7. The highest BCUT2D eigenvalue weighted by atomic mass is 79.9. The third kappa shape index (κ3) is 4.09. The topological polar surface area (TPSA) is 71.1 Å². The molecule has 0 amide bonds. The molecule has 2 rings (SSSR count). The Bertz CT molecular complexity index is 653. The molecule has 2 heterocycles. The number of halogens is 1. The maximum Gasteiger partial charge on any atom is 0.242 e. The van der Waals surface area contributed by atoms with Gasteiger partial charge in [-0.25, -0.2) is 13.1 Å². The lowest BCUT2D eigenvalue weighted by Gasteiger charge is -2.03. The predicted octanol–water partition coefficient (Wildman–Crippen LogP) is 2.56. The number of hydrogen-bond donors (Lipinski definition) is 2. The molecule has 0 aliphatic rings. The van der Waals surface area contributed by atoms with E-state index in [9.17, 15) is 8.42 Å². The average Bonchev–Trinajstić information content (AvgIpc) is 3.03. The van der Waals surface area contributed by atoms with Gasteiger partial charge in [-0.2, -0.15) is 0 Å². The molecule has 0 bridgehead atoms. The molecule has 5 nitrogen and oxygen atoms in total. The Morgan fingerprint density at radius 3 is 2.80 bits per heavy atom. The molecule has 0 saturated carbocycles. The molecule has 2 aromatic heterocycles. The van der Waals surface area contributed by atoms with Gasteiger partial charge in [-0.15, -0.1) is 22.7 Å². The predicted molar refractivity (Wildman–Crippen MR) is 85.5 cm³/mol. The molecule has 0 saturated heterocycles. The second-order valence-corrected chi connectivity index (χ2v) is 9.08. The molecule has 110 valence electrons. The van der Waals surface area contributed by atoms with Crippen LogP contribution in [0.5, 0.6) is 0 Å². The first kappa shape index (κ1) is 16.1. The van der Waals surface area contributed by atoms with Crippen molar-refractivity contribution in [3.05, 3.63) is 31.3 Å². The Labute approximate surface area is 134 Å². The van der Waals surface area contributed by atoms with Crippen molar-refractivity contribution in [3.63, 3.8) is 0 Å². The molecule has 0 spiro atoms. The van der Waals surface area contributed by atoms with Crippen molar-refractivity contribution in [2.24, 2.45) is 0 Å². The van der Waals surface area contributed by atoms with E-state index in [0.29, 0.717) is 15.2 Å². The lowest BCUT2D eigenvalue weighted by molar-refractivity contribution is 0.581. The number of thiazole rings is 1. The number of nitrogens with one attached hydrogen (secondary N) is 2. The SMILES string of the molecule is CCNCc1cc(S(=O)(=O)NCc2cncs2)c(Br)s1. The zero-order valence-electron chi connectivity index (χ0n) is 10.7. The molecular weight excluding hydrogens is 382 g/mol. The molecule has 0 unspecified atom stereocenters. The summed E-state index contributed by atoms with van der Waals surface area (Å²) in [5.74, 6) is 0. The van der Waals surface area contributed by atoms with Gasteiger partial charge in [0.2, 0.25) is 10.0 Å². The van der Waals surface area contributed by atoms with Crippen LogP contribution >= 0.6 is 38.6 Å². The van der Waals surface area contributed by atoms with Crippen LogP contribution in [0.25, 0.3) is 0 Å². The summed E-state index contributed by atoms with van der Waals surface area (Å²) in [5.41, 5.74) is 1.68. The van der Waals surface area contributed by atoms with Crippen molar-refractivity contribution in [2.75, 3.05) is 6.54 Å². The van der Waals surface area contributed by atoms with Gasteiger partial charge in [0.25, 0.3) is 0 Å². The van der Waals surface area contributed by atoms with Gasteiger partial charge in [-0.3, -0.25) is 4.98 Å². The molecule has 20 heavy (non-hydrogen) atoms. The number of aromatic nitrogens is 1. The summed E-state index contributed by atoms with van der Waals surface area (Å²) >= 11 is 6.18. The van der Waals surface area contributed by atoms with Gasteiger partial charge in [0, 0.05) is 29.0 Å². The minimum Gasteiger partial charge on any atom is -0.312 e. The Morgan fingerprint density at radius 2 is 2.15 bits per heavy atom. The summed E-state index contributed by atoms with van der Waals surface area (Å²) in [6.45, 7) is 3.79. The standard InChI is InChI=1S/C11H14BrN3O2S3/c1-2-13-4-8-3-10(11(12)19-8)20(16,17)15-6-9-5-14-7-18-9/h3,5,7,13,15H,2,4,6H2,1H3. The number of hydrogen-bond acceptors (Lipinski definition) is 6. The van der Waals surface area contributed by atoms with Crippen molar-refractivity contribution >= 4 is 48.6 Å². The molecule has 0 atom stereocenters. The number of sulfonamides is 1. The van der Waals surface area contributed by atoms with Crippen LogP contribution in [-0.4, -0.2) is 19.9 Å². The van der Waals surface area contributed by atoms with Gasteiger partial charge in [0.1, 0.15) is 4.90 Å². The zero-order chi connectivity index (χ0) is 14.6. The largest absolute Gasteiger partial charge is 0.312 e. The van der Waals surface area contributed by atoms with Crippen LogP contribution in [0.15, 0.2) is 26.5 Å². The quantitative estimate of drug-likeness (QED) is 0.755. The highest BCUT2D eigenvalue weighted by Crippen LogP contribution is 2.31. The van der Waals surface area contributed by atoms with E-state index in [0.717, 1.165) is 16.3 Å². The van der Waals surface area contributed by atoms with Crippen LogP contribution < -0.4 is 10.0 Å². The first-order valence-electron chi connectivity index (χ1n) is 5.89. The van der Waals surface area contributed by atoms with Crippen molar-refractivity contribution < 1.29 is 8.42 Å². The van der Waals surface area contributed by atoms with Gasteiger partial charge in [-0.1, -0.05) is 6.92 Å². The van der Waals surface area contributed by atoms with Crippen LogP contribution in [0.1, 0.15) is 16.7 Å². The van der Waals surface area contributed by atoms with Gasteiger partial charge >= 0.3 is 0 Å². The first-order valence-corrected chi connectivity index (χ1v) is 9.86. The summed E-state index contributed by atoms with van der Waals surface area (Å²) in [7, 11) is -3.51. The molecular formula is C11H14BrN3O2S3. The maximum atomic E-state index is 12.3. The van der Waals surface area contributed by atoms with Gasteiger partial charge in [0.05, 0.1) is 9.30 Å². The lowest BCUT2D eigenvalue weighted by Crippen LogP contribution is -2.22. The maximum absolute atomic E-state index is 12.3.